The molecule has 0 bridgehead atoms. The van der Waals surface area contributed by atoms with E-state index in [1.54, 1.807) is 25.1 Å². The first-order valence-electron chi connectivity index (χ1n) is 8.76. The standard InChI is InChI=1S/C20H20N2O6/c1-11-12(6-7-17(24)28-9-8-23)16(21-18(11)20(26)27)10-14-13-4-2-3-5-15(13)22-19(14)25/h2-5,10,21,23H,6-9H2,1H3,(H,22,25)(H,26,27)/b14-10-. The number of aromatic carboxylic acids is 1. The van der Waals surface area contributed by atoms with Gasteiger partial charge in [-0.15, -0.1) is 0 Å². The van der Waals surface area contributed by atoms with E-state index in [1.165, 1.54) is 0 Å². The van der Waals surface area contributed by atoms with Crippen LogP contribution in [0, 0.1) is 6.92 Å². The number of para-hydroxylation sites is 1. The molecule has 1 amide bonds. The summed E-state index contributed by atoms with van der Waals surface area (Å²) in [6, 6.07) is 7.22. The molecule has 0 unspecified atom stereocenters. The number of carboxylic acids is 1. The van der Waals surface area contributed by atoms with Gasteiger partial charge in [0.15, 0.2) is 0 Å². The summed E-state index contributed by atoms with van der Waals surface area (Å²) in [5.41, 5.74) is 3.44. The number of ether oxygens (including phenoxy) is 1. The number of carbonyl (C=O) groups excluding carboxylic acids is 2. The molecule has 1 aromatic carbocycles. The molecular weight excluding hydrogens is 364 g/mol. The number of aromatic amines is 1. The highest BCUT2D eigenvalue weighted by molar-refractivity contribution is 6.34. The van der Waals surface area contributed by atoms with Crippen molar-refractivity contribution in [1.29, 1.82) is 0 Å². The summed E-state index contributed by atoms with van der Waals surface area (Å²) in [5.74, 6) is -1.89. The van der Waals surface area contributed by atoms with E-state index in [0.29, 0.717) is 28.1 Å². The topological polar surface area (TPSA) is 129 Å². The lowest BCUT2D eigenvalue weighted by atomic mass is 10.0. The molecule has 0 radical (unpaired) electrons. The summed E-state index contributed by atoms with van der Waals surface area (Å²) in [6.07, 6.45) is 1.87. The number of aliphatic hydroxyl groups is 1. The van der Waals surface area contributed by atoms with Crippen molar-refractivity contribution in [2.24, 2.45) is 0 Å². The summed E-state index contributed by atoms with van der Waals surface area (Å²) in [7, 11) is 0. The summed E-state index contributed by atoms with van der Waals surface area (Å²) in [5, 5.41) is 20.9. The van der Waals surface area contributed by atoms with Crippen LogP contribution in [-0.2, 0) is 20.7 Å². The number of amides is 1. The van der Waals surface area contributed by atoms with Gasteiger partial charge in [-0.1, -0.05) is 18.2 Å². The maximum absolute atomic E-state index is 12.3. The molecule has 0 atom stereocenters. The molecule has 146 valence electrons. The predicted molar refractivity (Wildman–Crippen MR) is 102 cm³/mol. The van der Waals surface area contributed by atoms with Gasteiger partial charge in [-0.2, -0.15) is 0 Å². The highest BCUT2D eigenvalue weighted by Gasteiger charge is 2.25. The van der Waals surface area contributed by atoms with Crippen LogP contribution in [0.4, 0.5) is 5.69 Å². The summed E-state index contributed by atoms with van der Waals surface area (Å²) in [4.78, 5) is 38.5. The smallest absolute Gasteiger partial charge is 0.352 e. The van der Waals surface area contributed by atoms with E-state index in [4.69, 9.17) is 9.84 Å². The quantitative estimate of drug-likeness (QED) is 0.427. The van der Waals surface area contributed by atoms with Crippen LogP contribution in [0.2, 0.25) is 0 Å². The Bertz CT molecular complexity index is 973. The number of anilines is 1. The normalized spacial score (nSPS) is 14.1. The van der Waals surface area contributed by atoms with E-state index in [-0.39, 0.29) is 37.7 Å². The average Bonchev–Trinajstić information content (AvgIpc) is 3.15. The fourth-order valence-corrected chi connectivity index (χ4v) is 3.20. The van der Waals surface area contributed by atoms with Crippen LogP contribution >= 0.6 is 0 Å². The zero-order valence-corrected chi connectivity index (χ0v) is 15.2. The van der Waals surface area contributed by atoms with Gasteiger partial charge in [-0.05, 0) is 36.6 Å². The third-order valence-electron chi connectivity index (χ3n) is 4.56. The summed E-state index contributed by atoms with van der Waals surface area (Å²) in [6.45, 7) is 1.31. The number of hydrogen-bond donors (Lipinski definition) is 4. The largest absolute Gasteiger partial charge is 0.477 e. The lowest BCUT2D eigenvalue weighted by Gasteiger charge is -2.05. The Morgan fingerprint density at radius 2 is 2.00 bits per heavy atom. The number of H-pyrrole nitrogens is 1. The van der Waals surface area contributed by atoms with Crippen molar-refractivity contribution >= 4 is 35.2 Å². The maximum atomic E-state index is 12.3. The lowest BCUT2D eigenvalue weighted by Crippen LogP contribution is -2.09. The first kappa shape index (κ1) is 19.4. The van der Waals surface area contributed by atoms with Crippen LogP contribution in [-0.4, -0.2) is 46.3 Å². The number of rotatable bonds is 7. The van der Waals surface area contributed by atoms with Crippen molar-refractivity contribution in [2.45, 2.75) is 19.8 Å². The minimum Gasteiger partial charge on any atom is -0.477 e. The third-order valence-corrected chi connectivity index (χ3v) is 4.56. The fourth-order valence-electron chi connectivity index (χ4n) is 3.20. The van der Waals surface area contributed by atoms with Crippen molar-refractivity contribution in [3.63, 3.8) is 0 Å². The molecule has 2 aromatic rings. The van der Waals surface area contributed by atoms with E-state index < -0.39 is 11.9 Å². The Kier molecular flexibility index (Phi) is 5.60. The van der Waals surface area contributed by atoms with Gasteiger partial charge in [-0.25, -0.2) is 4.79 Å². The molecule has 0 fully saturated rings. The molecule has 0 spiro atoms. The number of carbonyl (C=O) groups is 3. The van der Waals surface area contributed by atoms with E-state index in [2.05, 4.69) is 10.3 Å². The Hall–Kier alpha value is -3.39. The second kappa shape index (κ2) is 8.10. The monoisotopic (exact) mass is 384 g/mol. The zero-order valence-electron chi connectivity index (χ0n) is 15.2. The Labute approximate surface area is 160 Å². The Balaban J connectivity index is 1.96. The van der Waals surface area contributed by atoms with Crippen molar-refractivity contribution in [2.75, 3.05) is 18.5 Å². The lowest BCUT2D eigenvalue weighted by molar-refractivity contribution is -0.144. The van der Waals surface area contributed by atoms with Crippen LogP contribution in [0.1, 0.15) is 39.3 Å². The number of benzene rings is 1. The fraction of sp³-hybridized carbons (Fsp3) is 0.250. The molecule has 8 nitrogen and oxygen atoms in total. The second-order valence-corrected chi connectivity index (χ2v) is 6.32. The first-order valence-corrected chi connectivity index (χ1v) is 8.76. The van der Waals surface area contributed by atoms with E-state index in [0.717, 1.165) is 5.56 Å². The molecule has 1 aromatic heterocycles. The number of carboxylic acid groups (broad SMARTS) is 1. The van der Waals surface area contributed by atoms with Crippen LogP contribution in [0.3, 0.4) is 0 Å². The van der Waals surface area contributed by atoms with Crippen molar-refractivity contribution in [3.05, 3.63) is 52.3 Å². The molecule has 2 heterocycles. The molecule has 1 aliphatic heterocycles. The minimum atomic E-state index is -1.12. The molecule has 28 heavy (non-hydrogen) atoms. The van der Waals surface area contributed by atoms with Crippen LogP contribution in [0.25, 0.3) is 11.6 Å². The van der Waals surface area contributed by atoms with Crippen LogP contribution in [0.5, 0.6) is 0 Å². The predicted octanol–water partition coefficient (Wildman–Crippen LogP) is 1.98. The number of aromatic nitrogens is 1. The highest BCUT2D eigenvalue weighted by Crippen LogP contribution is 2.34. The molecule has 4 N–H and O–H groups in total. The molecular formula is C20H20N2O6. The van der Waals surface area contributed by atoms with Gasteiger partial charge in [0.05, 0.1) is 12.2 Å². The molecule has 8 heteroatoms. The molecule has 0 saturated heterocycles. The minimum absolute atomic E-state index is 0.0114. The van der Waals surface area contributed by atoms with Crippen molar-refractivity contribution < 1.29 is 29.3 Å². The average molecular weight is 384 g/mol. The second-order valence-electron chi connectivity index (χ2n) is 6.32. The SMILES string of the molecule is Cc1c(C(=O)O)[nH]c(/C=C2\C(=O)Nc3ccccc32)c1CCC(=O)OCCO. The highest BCUT2D eigenvalue weighted by atomic mass is 16.5. The van der Waals surface area contributed by atoms with Gasteiger partial charge in [0, 0.05) is 23.4 Å². The molecule has 0 saturated carbocycles. The molecule has 1 aliphatic rings. The van der Waals surface area contributed by atoms with Crippen molar-refractivity contribution in [1.82, 2.24) is 4.98 Å². The Morgan fingerprint density at radius 1 is 1.25 bits per heavy atom. The number of aliphatic hydroxyl groups excluding tert-OH is 1. The molecule has 0 aliphatic carbocycles. The van der Waals surface area contributed by atoms with Gasteiger partial charge in [0.25, 0.3) is 5.91 Å². The number of hydrogen-bond acceptors (Lipinski definition) is 5. The van der Waals surface area contributed by atoms with Crippen LogP contribution < -0.4 is 5.32 Å². The first-order chi connectivity index (χ1) is 13.4. The van der Waals surface area contributed by atoms with Gasteiger partial charge in [0.2, 0.25) is 0 Å². The third kappa shape index (κ3) is 3.81. The van der Waals surface area contributed by atoms with Crippen molar-refractivity contribution in [3.8, 4) is 0 Å². The van der Waals surface area contributed by atoms with E-state index >= 15 is 0 Å². The van der Waals surface area contributed by atoms with Gasteiger partial charge in [-0.3, -0.25) is 9.59 Å². The van der Waals surface area contributed by atoms with Gasteiger partial charge in [0.1, 0.15) is 12.3 Å². The van der Waals surface area contributed by atoms with Gasteiger partial charge >= 0.3 is 11.9 Å². The summed E-state index contributed by atoms with van der Waals surface area (Å²) < 4.78 is 4.85. The number of fused-ring (bicyclic) bond motifs is 1. The summed E-state index contributed by atoms with van der Waals surface area (Å²) >= 11 is 0. The van der Waals surface area contributed by atoms with Crippen LogP contribution in [0.15, 0.2) is 24.3 Å². The van der Waals surface area contributed by atoms with Gasteiger partial charge < -0.3 is 25.3 Å². The van der Waals surface area contributed by atoms with E-state index in [1.807, 2.05) is 12.1 Å². The maximum Gasteiger partial charge on any atom is 0.352 e. The number of esters is 1. The number of nitrogens with one attached hydrogen (secondary N) is 2. The Morgan fingerprint density at radius 3 is 2.71 bits per heavy atom. The molecule has 3 rings (SSSR count). The van der Waals surface area contributed by atoms with E-state index in [9.17, 15) is 19.5 Å². The zero-order chi connectivity index (χ0) is 20.3.